The van der Waals surface area contributed by atoms with Crippen LogP contribution in [0.25, 0.3) is 11.2 Å². The Hall–Kier alpha value is -4.38. The van der Waals surface area contributed by atoms with E-state index in [1.165, 1.54) is 12.5 Å². The number of nitrogens with one attached hydrogen (secondary N) is 2. The number of hydrogen-bond donors (Lipinski definition) is 2. The van der Waals surface area contributed by atoms with Crippen molar-refractivity contribution in [2.24, 2.45) is 0 Å². The highest BCUT2D eigenvalue weighted by Gasteiger charge is 2.26. The third-order valence-electron chi connectivity index (χ3n) is 6.94. The number of rotatable bonds is 7. The Morgan fingerprint density at radius 1 is 0.974 bits per heavy atom. The summed E-state index contributed by atoms with van der Waals surface area (Å²) in [5, 5.41) is 6.16. The van der Waals surface area contributed by atoms with E-state index in [0.717, 1.165) is 72.7 Å². The van der Waals surface area contributed by atoms with Crippen molar-refractivity contribution in [3.63, 3.8) is 0 Å². The lowest BCUT2D eigenvalue weighted by atomic mass is 10.1. The molecule has 202 valence electrons. The summed E-state index contributed by atoms with van der Waals surface area (Å²) in [6.07, 6.45) is 1.57. The highest BCUT2D eigenvalue weighted by Crippen LogP contribution is 2.34. The Bertz CT molecular complexity index is 1490. The molecule has 11 nitrogen and oxygen atoms in total. The first-order chi connectivity index (χ1) is 18.9. The molecule has 1 saturated heterocycles. The molecule has 0 unspecified atom stereocenters. The largest absolute Gasteiger partial charge is 0.454 e. The van der Waals surface area contributed by atoms with E-state index in [-0.39, 0.29) is 11.9 Å². The molecule has 39 heavy (non-hydrogen) atoms. The fourth-order valence-electron chi connectivity index (χ4n) is 5.07. The van der Waals surface area contributed by atoms with Crippen molar-refractivity contribution < 1.29 is 14.3 Å². The Morgan fingerprint density at radius 3 is 2.46 bits per heavy atom. The van der Waals surface area contributed by atoms with Gasteiger partial charge in [0.15, 0.2) is 28.5 Å². The van der Waals surface area contributed by atoms with E-state index in [1.807, 2.05) is 30.3 Å². The third kappa shape index (κ3) is 5.17. The number of carbonyl (C=O) groups excluding carboxylic acids is 1. The van der Waals surface area contributed by atoms with Gasteiger partial charge in [-0.25, -0.2) is 15.0 Å². The summed E-state index contributed by atoms with van der Waals surface area (Å²) in [4.78, 5) is 30.3. The summed E-state index contributed by atoms with van der Waals surface area (Å²) >= 11 is 0. The Morgan fingerprint density at radius 2 is 1.72 bits per heavy atom. The smallest absolute Gasteiger partial charge is 0.231 e. The molecule has 6 rings (SSSR count). The van der Waals surface area contributed by atoms with Crippen LogP contribution in [-0.4, -0.2) is 63.3 Å². The fourth-order valence-corrected chi connectivity index (χ4v) is 5.07. The summed E-state index contributed by atoms with van der Waals surface area (Å²) < 4.78 is 13.2. The zero-order chi connectivity index (χ0) is 26.9. The minimum atomic E-state index is -0.103. The van der Waals surface area contributed by atoms with E-state index in [2.05, 4.69) is 60.9 Å². The average molecular weight is 529 g/mol. The predicted octanol–water partition coefficient (Wildman–Crippen LogP) is 4.16. The van der Waals surface area contributed by atoms with Gasteiger partial charge in [0, 0.05) is 57.1 Å². The van der Waals surface area contributed by atoms with E-state index < -0.39 is 0 Å². The maximum atomic E-state index is 11.3. The zero-order valence-corrected chi connectivity index (χ0v) is 22.3. The Balaban J connectivity index is 1.19. The molecule has 4 heterocycles. The van der Waals surface area contributed by atoms with Gasteiger partial charge < -0.3 is 25.0 Å². The van der Waals surface area contributed by atoms with Gasteiger partial charge in [0.2, 0.25) is 18.6 Å². The molecular formula is C28H32N8O3. The first-order valence-corrected chi connectivity index (χ1v) is 13.2. The SMILES string of the molecule is CC(=O)Nc1ccc(Nc2ncnc3c2nc(N2CCN(Cc4ccc5c(c4)OCO5)CC2)n3C(C)C)cc1. The minimum Gasteiger partial charge on any atom is -0.454 e. The monoisotopic (exact) mass is 528 g/mol. The number of benzene rings is 2. The molecule has 0 bridgehead atoms. The number of hydrogen-bond acceptors (Lipinski definition) is 9. The van der Waals surface area contributed by atoms with Gasteiger partial charge in [0.25, 0.3) is 0 Å². The second-order valence-corrected chi connectivity index (χ2v) is 10.1. The van der Waals surface area contributed by atoms with Gasteiger partial charge in [-0.3, -0.25) is 14.3 Å². The van der Waals surface area contributed by atoms with Gasteiger partial charge >= 0.3 is 0 Å². The van der Waals surface area contributed by atoms with Crippen LogP contribution in [0.1, 0.15) is 32.4 Å². The van der Waals surface area contributed by atoms with Crippen molar-refractivity contribution in [1.82, 2.24) is 24.4 Å². The lowest BCUT2D eigenvalue weighted by Gasteiger charge is -2.35. The summed E-state index contributed by atoms with van der Waals surface area (Å²) in [6.45, 7) is 10.5. The van der Waals surface area contributed by atoms with Crippen molar-refractivity contribution in [1.29, 1.82) is 0 Å². The average Bonchev–Trinajstić information content (AvgIpc) is 3.55. The van der Waals surface area contributed by atoms with Crippen molar-refractivity contribution in [2.75, 3.05) is 48.5 Å². The van der Waals surface area contributed by atoms with Crippen LogP contribution in [0.4, 0.5) is 23.1 Å². The van der Waals surface area contributed by atoms with Gasteiger partial charge in [-0.1, -0.05) is 6.07 Å². The number of nitrogens with zero attached hydrogens (tertiary/aromatic N) is 6. The first kappa shape index (κ1) is 24.9. The van der Waals surface area contributed by atoms with Gasteiger partial charge in [0.1, 0.15) is 6.33 Å². The number of carbonyl (C=O) groups is 1. The quantitative estimate of drug-likeness (QED) is 0.365. The van der Waals surface area contributed by atoms with Crippen molar-refractivity contribution in [3.8, 4) is 11.5 Å². The minimum absolute atomic E-state index is 0.103. The van der Waals surface area contributed by atoms with Gasteiger partial charge in [-0.05, 0) is 55.8 Å². The molecular weight excluding hydrogens is 496 g/mol. The number of fused-ring (bicyclic) bond motifs is 2. The van der Waals surface area contributed by atoms with Crippen LogP contribution in [0.5, 0.6) is 11.5 Å². The van der Waals surface area contributed by atoms with E-state index in [1.54, 1.807) is 6.33 Å². The highest BCUT2D eigenvalue weighted by atomic mass is 16.7. The van der Waals surface area contributed by atoms with E-state index in [0.29, 0.717) is 12.6 Å². The topological polar surface area (TPSA) is 110 Å². The number of anilines is 4. The molecule has 0 spiro atoms. The highest BCUT2D eigenvalue weighted by molar-refractivity contribution is 5.90. The molecule has 0 atom stereocenters. The fraction of sp³-hybridized carbons (Fsp3) is 0.357. The van der Waals surface area contributed by atoms with Crippen molar-refractivity contribution >= 4 is 40.2 Å². The maximum Gasteiger partial charge on any atom is 0.231 e. The lowest BCUT2D eigenvalue weighted by Crippen LogP contribution is -2.47. The third-order valence-corrected chi connectivity index (χ3v) is 6.94. The molecule has 1 fully saturated rings. The predicted molar refractivity (Wildman–Crippen MR) is 150 cm³/mol. The molecule has 0 saturated carbocycles. The molecule has 2 aliphatic heterocycles. The molecule has 2 aromatic heterocycles. The second kappa shape index (κ2) is 10.4. The van der Waals surface area contributed by atoms with Crippen molar-refractivity contribution in [2.45, 2.75) is 33.4 Å². The van der Waals surface area contributed by atoms with E-state index in [4.69, 9.17) is 14.5 Å². The van der Waals surface area contributed by atoms with Crippen LogP contribution in [-0.2, 0) is 11.3 Å². The second-order valence-electron chi connectivity index (χ2n) is 10.1. The summed E-state index contributed by atoms with van der Waals surface area (Å²) in [5.74, 6) is 3.09. The molecule has 0 aliphatic carbocycles. The summed E-state index contributed by atoms with van der Waals surface area (Å²) in [6, 6.07) is 13.9. The van der Waals surface area contributed by atoms with Crippen LogP contribution in [0.3, 0.4) is 0 Å². The van der Waals surface area contributed by atoms with Gasteiger partial charge in [0.05, 0.1) is 0 Å². The number of piperazine rings is 1. The van der Waals surface area contributed by atoms with Crippen LogP contribution in [0, 0.1) is 0 Å². The number of amides is 1. The Kier molecular flexibility index (Phi) is 6.65. The maximum absolute atomic E-state index is 11.3. The normalized spacial score (nSPS) is 15.2. The van der Waals surface area contributed by atoms with Crippen LogP contribution < -0.4 is 25.0 Å². The zero-order valence-electron chi connectivity index (χ0n) is 22.3. The van der Waals surface area contributed by atoms with Crippen LogP contribution >= 0.6 is 0 Å². The molecule has 4 aromatic rings. The lowest BCUT2D eigenvalue weighted by molar-refractivity contribution is -0.114. The molecule has 2 N–H and O–H groups in total. The van der Waals surface area contributed by atoms with Gasteiger partial charge in [-0.2, -0.15) is 0 Å². The van der Waals surface area contributed by atoms with Crippen LogP contribution in [0.2, 0.25) is 0 Å². The van der Waals surface area contributed by atoms with E-state index >= 15 is 0 Å². The van der Waals surface area contributed by atoms with Crippen molar-refractivity contribution in [3.05, 3.63) is 54.4 Å². The van der Waals surface area contributed by atoms with Crippen LogP contribution in [0.15, 0.2) is 48.8 Å². The molecule has 2 aliphatic rings. The molecule has 0 radical (unpaired) electrons. The molecule has 1 amide bonds. The first-order valence-electron chi connectivity index (χ1n) is 13.2. The molecule has 11 heteroatoms. The summed E-state index contributed by atoms with van der Waals surface area (Å²) in [5.41, 5.74) is 4.34. The van der Waals surface area contributed by atoms with Gasteiger partial charge in [-0.15, -0.1) is 0 Å². The molecule has 2 aromatic carbocycles. The number of aromatic nitrogens is 4. The number of ether oxygens (including phenoxy) is 2. The standard InChI is InChI=1S/C28H32N8O3/c1-18(2)36-27-25(26(29-16-30-27)32-22-7-5-21(6-8-22)31-19(3)37)33-28(36)35-12-10-34(11-13-35)15-20-4-9-23-24(14-20)39-17-38-23/h4-9,14,16,18H,10-13,15,17H2,1-3H3,(H,31,37)(H,29,30,32). The summed E-state index contributed by atoms with van der Waals surface area (Å²) in [7, 11) is 0. The number of imidazole rings is 1. The Labute approximate surface area is 226 Å². The van der Waals surface area contributed by atoms with E-state index in [9.17, 15) is 4.79 Å².